The van der Waals surface area contributed by atoms with Gasteiger partial charge >= 0.3 is 6.09 Å². The van der Waals surface area contributed by atoms with Crippen molar-refractivity contribution in [2.75, 3.05) is 0 Å². The average molecular weight is 293 g/mol. The van der Waals surface area contributed by atoms with Crippen molar-refractivity contribution in [3.63, 3.8) is 0 Å². The number of carbonyl (C=O) groups excluding carboxylic acids is 1. The van der Waals surface area contributed by atoms with Gasteiger partial charge in [0.25, 0.3) is 0 Å². The summed E-state index contributed by atoms with van der Waals surface area (Å²) in [7, 11) is 0. The molecule has 1 amide bonds. The summed E-state index contributed by atoms with van der Waals surface area (Å²) >= 11 is 0. The standard InChI is InChI=1S/C16H27N3O2/c1-14(2,3)21-13(20)18-16(6,7)12-9-17-10-19(12)11-8-15(11,4)5/h9-11H,8H2,1-7H3,(H,18,20). The first-order valence-electron chi connectivity index (χ1n) is 7.46. The summed E-state index contributed by atoms with van der Waals surface area (Å²) in [4.78, 5) is 16.3. The molecule has 1 aromatic heterocycles. The molecule has 21 heavy (non-hydrogen) atoms. The van der Waals surface area contributed by atoms with Crippen LogP contribution < -0.4 is 5.32 Å². The van der Waals surface area contributed by atoms with Crippen LogP contribution in [0.3, 0.4) is 0 Å². The number of nitrogens with one attached hydrogen (secondary N) is 1. The number of hydrogen-bond acceptors (Lipinski definition) is 3. The summed E-state index contributed by atoms with van der Waals surface area (Å²) in [5, 5.41) is 2.94. The van der Waals surface area contributed by atoms with Crippen molar-refractivity contribution in [2.24, 2.45) is 5.41 Å². The molecule has 0 aromatic carbocycles. The van der Waals surface area contributed by atoms with Gasteiger partial charge in [-0.1, -0.05) is 13.8 Å². The molecular weight excluding hydrogens is 266 g/mol. The Morgan fingerprint density at radius 2 is 1.95 bits per heavy atom. The van der Waals surface area contributed by atoms with Gasteiger partial charge in [-0.2, -0.15) is 0 Å². The fourth-order valence-electron chi connectivity index (χ4n) is 2.57. The normalized spacial score (nSPS) is 21.0. The van der Waals surface area contributed by atoms with Crippen molar-refractivity contribution in [3.05, 3.63) is 18.2 Å². The van der Waals surface area contributed by atoms with Gasteiger partial charge in [0.15, 0.2) is 0 Å². The molecule has 0 bridgehead atoms. The van der Waals surface area contributed by atoms with Crippen molar-refractivity contribution >= 4 is 6.09 Å². The van der Waals surface area contributed by atoms with E-state index in [1.54, 1.807) is 0 Å². The first-order chi connectivity index (χ1) is 9.42. The van der Waals surface area contributed by atoms with Gasteiger partial charge in [0.05, 0.1) is 23.8 Å². The molecule has 0 saturated heterocycles. The third kappa shape index (κ3) is 3.57. The highest BCUT2D eigenvalue weighted by molar-refractivity contribution is 5.68. The van der Waals surface area contributed by atoms with Crippen molar-refractivity contribution in [3.8, 4) is 0 Å². The Morgan fingerprint density at radius 3 is 2.43 bits per heavy atom. The van der Waals surface area contributed by atoms with E-state index in [0.29, 0.717) is 11.5 Å². The molecule has 1 atom stereocenters. The maximum absolute atomic E-state index is 12.0. The van der Waals surface area contributed by atoms with Crippen LogP contribution in [0.25, 0.3) is 0 Å². The molecule has 1 aromatic rings. The van der Waals surface area contributed by atoms with Crippen LogP contribution in [0.15, 0.2) is 12.5 Å². The van der Waals surface area contributed by atoms with Gasteiger partial charge in [-0.25, -0.2) is 9.78 Å². The second-order valence-electron chi connectivity index (χ2n) is 8.15. The Kier molecular flexibility index (Phi) is 3.59. The lowest BCUT2D eigenvalue weighted by Gasteiger charge is -2.29. The summed E-state index contributed by atoms with van der Waals surface area (Å²) in [6, 6.07) is 0.453. The van der Waals surface area contributed by atoms with Gasteiger partial charge in [-0.15, -0.1) is 0 Å². The monoisotopic (exact) mass is 293 g/mol. The molecule has 0 radical (unpaired) electrons. The zero-order valence-corrected chi connectivity index (χ0v) is 14.2. The number of rotatable bonds is 3. The van der Waals surface area contributed by atoms with Crippen LogP contribution >= 0.6 is 0 Å². The summed E-state index contributed by atoms with van der Waals surface area (Å²) in [5.74, 6) is 0. The number of ether oxygens (including phenoxy) is 1. The Labute approximate surface area is 127 Å². The summed E-state index contributed by atoms with van der Waals surface area (Å²) in [6.07, 6.45) is 4.41. The zero-order valence-electron chi connectivity index (χ0n) is 14.2. The average Bonchev–Trinajstić information content (AvgIpc) is 2.72. The third-order valence-corrected chi connectivity index (χ3v) is 3.92. The second kappa shape index (κ2) is 4.75. The van der Waals surface area contributed by atoms with Gasteiger partial charge in [-0.05, 0) is 46.5 Å². The first-order valence-corrected chi connectivity index (χ1v) is 7.46. The third-order valence-electron chi connectivity index (χ3n) is 3.92. The molecule has 1 aliphatic rings. The van der Waals surface area contributed by atoms with Crippen molar-refractivity contribution < 1.29 is 9.53 Å². The van der Waals surface area contributed by atoms with Crippen molar-refractivity contribution in [1.82, 2.24) is 14.9 Å². The SMILES string of the molecule is CC(C)(C)OC(=O)NC(C)(C)c1cncn1C1CC1(C)C. The van der Waals surface area contributed by atoms with E-state index in [1.807, 2.05) is 47.1 Å². The molecule has 1 heterocycles. The molecule has 1 fully saturated rings. The minimum atomic E-state index is -0.530. The molecule has 0 aliphatic heterocycles. The quantitative estimate of drug-likeness (QED) is 0.926. The fraction of sp³-hybridized carbons (Fsp3) is 0.750. The van der Waals surface area contributed by atoms with Crippen LogP contribution in [0.1, 0.15) is 66.6 Å². The maximum Gasteiger partial charge on any atom is 0.408 e. The molecule has 1 N–H and O–H groups in total. The van der Waals surface area contributed by atoms with Crippen LogP contribution in [-0.2, 0) is 10.3 Å². The van der Waals surface area contributed by atoms with E-state index >= 15 is 0 Å². The highest BCUT2D eigenvalue weighted by atomic mass is 16.6. The number of nitrogens with zero attached hydrogens (tertiary/aromatic N) is 2. The first kappa shape index (κ1) is 15.9. The Morgan fingerprint density at radius 1 is 1.38 bits per heavy atom. The van der Waals surface area contributed by atoms with Gasteiger partial charge in [0.1, 0.15) is 5.60 Å². The largest absolute Gasteiger partial charge is 0.444 e. The molecule has 118 valence electrons. The van der Waals surface area contributed by atoms with Crippen LogP contribution in [0, 0.1) is 5.41 Å². The van der Waals surface area contributed by atoms with Crippen molar-refractivity contribution in [2.45, 2.75) is 72.1 Å². The van der Waals surface area contributed by atoms with Gasteiger partial charge in [0, 0.05) is 6.04 Å². The number of carbonyl (C=O) groups is 1. The molecule has 2 rings (SSSR count). The van der Waals surface area contributed by atoms with E-state index in [9.17, 15) is 4.79 Å². The van der Waals surface area contributed by atoms with E-state index in [1.165, 1.54) is 0 Å². The van der Waals surface area contributed by atoms with Gasteiger partial charge < -0.3 is 14.6 Å². The van der Waals surface area contributed by atoms with E-state index in [4.69, 9.17) is 4.74 Å². The van der Waals surface area contributed by atoms with Crippen LogP contribution in [0.4, 0.5) is 4.79 Å². The highest BCUT2D eigenvalue weighted by Gasteiger charge is 2.48. The molecule has 1 unspecified atom stereocenters. The van der Waals surface area contributed by atoms with E-state index < -0.39 is 17.2 Å². The van der Waals surface area contributed by atoms with Crippen LogP contribution in [0.5, 0.6) is 0 Å². The van der Waals surface area contributed by atoms with Gasteiger partial charge in [-0.3, -0.25) is 0 Å². The lowest BCUT2D eigenvalue weighted by molar-refractivity contribution is 0.0466. The van der Waals surface area contributed by atoms with E-state index in [-0.39, 0.29) is 0 Å². The molecule has 1 aliphatic carbocycles. The molecule has 5 heteroatoms. The smallest absolute Gasteiger partial charge is 0.408 e. The van der Waals surface area contributed by atoms with Crippen LogP contribution in [-0.4, -0.2) is 21.2 Å². The lowest BCUT2D eigenvalue weighted by atomic mass is 10.0. The summed E-state index contributed by atoms with van der Waals surface area (Å²) in [5.41, 5.74) is 0.275. The molecular formula is C16H27N3O2. The minimum Gasteiger partial charge on any atom is -0.444 e. The second-order valence-corrected chi connectivity index (χ2v) is 8.15. The van der Waals surface area contributed by atoms with Crippen LogP contribution in [0.2, 0.25) is 0 Å². The summed E-state index contributed by atoms with van der Waals surface area (Å²) < 4.78 is 7.53. The van der Waals surface area contributed by atoms with Crippen molar-refractivity contribution in [1.29, 1.82) is 0 Å². The maximum atomic E-state index is 12.0. The predicted molar refractivity (Wildman–Crippen MR) is 82.1 cm³/mol. The topological polar surface area (TPSA) is 56.1 Å². The minimum absolute atomic E-state index is 0.303. The number of amides is 1. The van der Waals surface area contributed by atoms with E-state index in [0.717, 1.165) is 12.1 Å². The van der Waals surface area contributed by atoms with E-state index in [2.05, 4.69) is 28.7 Å². The fourth-order valence-corrected chi connectivity index (χ4v) is 2.57. The number of alkyl carbamates (subject to hydrolysis) is 1. The zero-order chi connectivity index (χ0) is 16.1. The Hall–Kier alpha value is -1.52. The Balaban J connectivity index is 2.14. The predicted octanol–water partition coefficient (Wildman–Crippen LogP) is 3.61. The summed E-state index contributed by atoms with van der Waals surface area (Å²) in [6.45, 7) is 14.0. The lowest BCUT2D eigenvalue weighted by Crippen LogP contribution is -2.44. The molecule has 0 spiro atoms. The number of imidazole rings is 1. The number of hydrogen-bond donors (Lipinski definition) is 1. The molecule has 5 nitrogen and oxygen atoms in total. The van der Waals surface area contributed by atoms with Gasteiger partial charge in [0.2, 0.25) is 0 Å². The highest BCUT2D eigenvalue weighted by Crippen LogP contribution is 2.56. The Bertz CT molecular complexity index is 538. The molecule has 1 saturated carbocycles. The number of aromatic nitrogens is 2.